The molecule has 0 aliphatic carbocycles. The van der Waals surface area contributed by atoms with E-state index in [-0.39, 0.29) is 6.61 Å². The Morgan fingerprint density at radius 1 is 0.970 bits per heavy atom. The van der Waals surface area contributed by atoms with Gasteiger partial charge in [0.15, 0.2) is 5.82 Å². The number of aromatic nitrogens is 2. The molecule has 0 unspecified atom stereocenters. The zero-order valence-electron chi connectivity index (χ0n) is 17.3. The largest absolute Gasteiger partial charge is 0.490 e. The highest BCUT2D eigenvalue weighted by molar-refractivity contribution is 5.66. The maximum absolute atomic E-state index is 12.6. The lowest BCUT2D eigenvalue weighted by Gasteiger charge is -2.08. The fourth-order valence-electron chi connectivity index (χ4n) is 3.27. The van der Waals surface area contributed by atoms with Crippen LogP contribution in [0.2, 0.25) is 0 Å². The van der Waals surface area contributed by atoms with Crippen LogP contribution in [-0.2, 0) is 12.6 Å². The Hall–Kier alpha value is -4.07. The Bertz CT molecular complexity index is 1310. The van der Waals surface area contributed by atoms with Crippen LogP contribution in [0.15, 0.2) is 88.2 Å². The zero-order valence-corrected chi connectivity index (χ0v) is 17.3. The fourth-order valence-corrected chi connectivity index (χ4v) is 3.27. The van der Waals surface area contributed by atoms with Crippen LogP contribution >= 0.6 is 0 Å². The number of H-pyrrole nitrogens is 1. The van der Waals surface area contributed by atoms with E-state index in [1.54, 1.807) is 12.2 Å². The van der Waals surface area contributed by atoms with Gasteiger partial charge in [-0.15, -0.1) is 0 Å². The predicted molar refractivity (Wildman–Crippen MR) is 118 cm³/mol. The first-order valence-corrected chi connectivity index (χ1v) is 10.1. The molecule has 0 radical (unpaired) electrons. The minimum Gasteiger partial charge on any atom is -0.490 e. The number of benzene rings is 3. The summed E-state index contributed by atoms with van der Waals surface area (Å²) in [7, 11) is 0. The molecule has 1 heterocycles. The van der Waals surface area contributed by atoms with Gasteiger partial charge < -0.3 is 4.74 Å². The van der Waals surface area contributed by atoms with Crippen LogP contribution in [0.25, 0.3) is 17.2 Å². The maximum atomic E-state index is 12.6. The van der Waals surface area contributed by atoms with Crippen molar-refractivity contribution in [2.45, 2.75) is 12.6 Å². The van der Waals surface area contributed by atoms with Crippen molar-refractivity contribution in [2.75, 3.05) is 6.61 Å². The summed E-state index contributed by atoms with van der Waals surface area (Å²) < 4.78 is 48.2. The predicted octanol–water partition coefficient (Wildman–Crippen LogP) is 5.73. The van der Waals surface area contributed by atoms with Crippen LogP contribution in [0, 0.1) is 0 Å². The van der Waals surface area contributed by atoms with Crippen molar-refractivity contribution in [3.63, 3.8) is 0 Å². The number of hydrogen-bond acceptors (Lipinski definition) is 4. The second kappa shape index (κ2) is 9.60. The first-order chi connectivity index (χ1) is 15.9. The SMILES string of the molecule is O=c1[nH]c(Cc2cccc(-c3cccc(OC/C=C/c4ccc(C(F)(F)F)cc4)c3)c2)no1. The first kappa shape index (κ1) is 22.1. The van der Waals surface area contributed by atoms with E-state index in [9.17, 15) is 18.0 Å². The zero-order chi connectivity index (χ0) is 23.3. The lowest BCUT2D eigenvalue weighted by molar-refractivity contribution is -0.137. The summed E-state index contributed by atoms with van der Waals surface area (Å²) in [5, 5.41) is 3.69. The van der Waals surface area contributed by atoms with E-state index in [1.807, 2.05) is 48.5 Å². The van der Waals surface area contributed by atoms with Crippen molar-refractivity contribution in [2.24, 2.45) is 0 Å². The second-order valence-electron chi connectivity index (χ2n) is 7.28. The van der Waals surface area contributed by atoms with Crippen molar-refractivity contribution in [1.29, 1.82) is 0 Å². The second-order valence-corrected chi connectivity index (χ2v) is 7.28. The average Bonchev–Trinajstić information content (AvgIpc) is 3.21. The van der Waals surface area contributed by atoms with Crippen LogP contribution in [0.4, 0.5) is 13.2 Å². The summed E-state index contributed by atoms with van der Waals surface area (Å²) >= 11 is 0. The summed E-state index contributed by atoms with van der Waals surface area (Å²) in [5.41, 5.74) is 2.87. The van der Waals surface area contributed by atoms with Crippen LogP contribution in [-0.4, -0.2) is 16.7 Å². The van der Waals surface area contributed by atoms with E-state index in [2.05, 4.69) is 14.7 Å². The Balaban J connectivity index is 1.38. The van der Waals surface area contributed by atoms with Crippen molar-refractivity contribution in [3.05, 3.63) is 112 Å². The normalized spacial score (nSPS) is 11.7. The van der Waals surface area contributed by atoms with E-state index in [4.69, 9.17) is 4.74 Å². The highest BCUT2D eigenvalue weighted by atomic mass is 19.4. The molecule has 1 N–H and O–H groups in total. The Morgan fingerprint density at radius 2 is 1.70 bits per heavy atom. The third-order valence-corrected chi connectivity index (χ3v) is 4.85. The molecule has 4 rings (SSSR count). The number of halogens is 3. The maximum Gasteiger partial charge on any atom is 0.438 e. The van der Waals surface area contributed by atoms with Crippen LogP contribution in [0.5, 0.6) is 5.75 Å². The summed E-state index contributed by atoms with van der Waals surface area (Å²) in [4.78, 5) is 13.6. The van der Waals surface area contributed by atoms with Gasteiger partial charge in [-0.25, -0.2) is 4.79 Å². The van der Waals surface area contributed by atoms with Crippen LogP contribution in [0.1, 0.15) is 22.5 Å². The van der Waals surface area contributed by atoms with Crippen LogP contribution in [0.3, 0.4) is 0 Å². The lowest BCUT2D eigenvalue weighted by atomic mass is 10.0. The van der Waals surface area contributed by atoms with Gasteiger partial charge in [0.2, 0.25) is 0 Å². The van der Waals surface area contributed by atoms with Gasteiger partial charge in [-0.05, 0) is 52.6 Å². The monoisotopic (exact) mass is 452 g/mol. The van der Waals surface area contributed by atoms with Gasteiger partial charge in [0.25, 0.3) is 0 Å². The van der Waals surface area contributed by atoms with Crippen molar-refractivity contribution >= 4 is 6.08 Å². The van der Waals surface area contributed by atoms with Gasteiger partial charge in [0.05, 0.1) is 5.56 Å². The van der Waals surface area contributed by atoms with E-state index in [0.29, 0.717) is 23.6 Å². The fraction of sp³-hybridized carbons (Fsp3) is 0.120. The Morgan fingerprint density at radius 3 is 2.39 bits per heavy atom. The third-order valence-electron chi connectivity index (χ3n) is 4.85. The molecule has 0 bridgehead atoms. The first-order valence-electron chi connectivity index (χ1n) is 10.1. The molecule has 0 amide bonds. The molecule has 0 aliphatic heterocycles. The Kier molecular flexibility index (Phi) is 6.44. The molecule has 33 heavy (non-hydrogen) atoms. The quantitative estimate of drug-likeness (QED) is 0.389. The summed E-state index contributed by atoms with van der Waals surface area (Å²) in [5.74, 6) is 0.531. The molecule has 5 nitrogen and oxygen atoms in total. The van der Waals surface area contributed by atoms with E-state index in [1.165, 1.54) is 12.1 Å². The molecular formula is C25H19F3N2O3. The molecule has 3 aromatic carbocycles. The van der Waals surface area contributed by atoms with E-state index < -0.39 is 17.5 Å². The molecule has 0 fully saturated rings. The number of nitrogens with zero attached hydrogens (tertiary/aromatic N) is 1. The van der Waals surface area contributed by atoms with Crippen molar-refractivity contribution in [1.82, 2.24) is 10.1 Å². The van der Waals surface area contributed by atoms with Gasteiger partial charge in [-0.3, -0.25) is 9.51 Å². The number of rotatable bonds is 7. The van der Waals surface area contributed by atoms with E-state index >= 15 is 0 Å². The van der Waals surface area contributed by atoms with Crippen LogP contribution < -0.4 is 10.5 Å². The number of nitrogens with one attached hydrogen (secondary N) is 1. The lowest BCUT2D eigenvalue weighted by Crippen LogP contribution is -2.03. The molecule has 0 atom stereocenters. The minimum absolute atomic E-state index is 0.268. The highest BCUT2D eigenvalue weighted by Gasteiger charge is 2.29. The summed E-state index contributed by atoms with van der Waals surface area (Å²) in [6, 6.07) is 20.3. The topological polar surface area (TPSA) is 68.1 Å². The molecule has 0 spiro atoms. The number of ether oxygens (including phenoxy) is 1. The molecular weight excluding hydrogens is 433 g/mol. The van der Waals surface area contributed by atoms with Gasteiger partial charge in [-0.1, -0.05) is 59.8 Å². The van der Waals surface area contributed by atoms with Gasteiger partial charge >= 0.3 is 11.9 Å². The number of hydrogen-bond donors (Lipinski definition) is 1. The number of aromatic amines is 1. The van der Waals surface area contributed by atoms with Crippen molar-refractivity contribution < 1.29 is 22.4 Å². The molecule has 0 saturated carbocycles. The van der Waals surface area contributed by atoms with Gasteiger partial charge in [-0.2, -0.15) is 13.2 Å². The highest BCUT2D eigenvalue weighted by Crippen LogP contribution is 2.29. The number of alkyl halides is 3. The smallest absolute Gasteiger partial charge is 0.438 e. The summed E-state index contributed by atoms with van der Waals surface area (Å²) in [6.45, 7) is 0.268. The molecule has 0 saturated heterocycles. The molecule has 4 aromatic rings. The van der Waals surface area contributed by atoms with Gasteiger partial charge in [0, 0.05) is 6.42 Å². The molecule has 1 aromatic heterocycles. The minimum atomic E-state index is -4.34. The standard InChI is InChI=1S/C25H19F3N2O3/c26-25(27,28)21-11-9-17(10-12-21)5-3-13-32-22-8-2-7-20(16-22)19-6-1-4-18(14-19)15-23-29-24(31)33-30-23/h1-12,14,16H,13,15H2,(H,29,30,31)/b5-3+. The van der Waals surface area contributed by atoms with Crippen molar-refractivity contribution in [3.8, 4) is 16.9 Å². The molecule has 0 aliphatic rings. The molecule has 168 valence electrons. The Labute approximate surface area is 187 Å². The molecule has 8 heteroatoms. The van der Waals surface area contributed by atoms with Gasteiger partial charge in [0.1, 0.15) is 12.4 Å². The third kappa shape index (κ3) is 6.00. The summed E-state index contributed by atoms with van der Waals surface area (Å²) in [6.07, 6.45) is -0.453. The average molecular weight is 452 g/mol. The van der Waals surface area contributed by atoms with E-state index in [0.717, 1.165) is 28.8 Å².